The van der Waals surface area contributed by atoms with Crippen LogP contribution >= 0.6 is 0 Å². The maximum atomic E-state index is 4.37. The first-order valence-electron chi connectivity index (χ1n) is 6.11. The Labute approximate surface area is 102 Å². The molecular formula is C13H20N4. The van der Waals surface area contributed by atoms with Crippen molar-refractivity contribution in [3.8, 4) is 11.3 Å². The quantitative estimate of drug-likeness (QED) is 0.854. The van der Waals surface area contributed by atoms with Gasteiger partial charge in [-0.05, 0) is 12.5 Å². The molecule has 0 saturated carbocycles. The molecule has 2 heterocycles. The van der Waals surface area contributed by atoms with Crippen LogP contribution < -0.4 is 0 Å². The molecule has 4 heteroatoms. The molecule has 2 aromatic heterocycles. The number of aromatic amines is 2. The van der Waals surface area contributed by atoms with Crippen molar-refractivity contribution >= 4 is 0 Å². The van der Waals surface area contributed by atoms with E-state index >= 15 is 0 Å². The molecule has 0 fully saturated rings. The maximum absolute atomic E-state index is 4.37. The summed E-state index contributed by atoms with van der Waals surface area (Å²) in [5.74, 6) is 0. The first-order chi connectivity index (χ1) is 8.02. The lowest BCUT2D eigenvalue weighted by atomic mass is 9.89. The van der Waals surface area contributed by atoms with Gasteiger partial charge in [0.15, 0.2) is 0 Å². The minimum Gasteiger partial charge on any atom is -0.282 e. The van der Waals surface area contributed by atoms with Gasteiger partial charge in [-0.15, -0.1) is 0 Å². The van der Waals surface area contributed by atoms with E-state index in [-0.39, 0.29) is 5.41 Å². The molecule has 92 valence electrons. The highest BCUT2D eigenvalue weighted by atomic mass is 15.1. The van der Waals surface area contributed by atoms with Gasteiger partial charge in [-0.25, -0.2) is 0 Å². The summed E-state index contributed by atoms with van der Waals surface area (Å²) in [5.41, 5.74) is 4.44. The molecule has 0 aliphatic carbocycles. The molecule has 17 heavy (non-hydrogen) atoms. The number of hydrogen-bond acceptors (Lipinski definition) is 2. The molecule has 2 rings (SSSR count). The lowest BCUT2D eigenvalue weighted by Crippen LogP contribution is -2.13. The highest BCUT2D eigenvalue weighted by Crippen LogP contribution is 2.30. The topological polar surface area (TPSA) is 57.4 Å². The van der Waals surface area contributed by atoms with Gasteiger partial charge in [0.1, 0.15) is 0 Å². The lowest BCUT2D eigenvalue weighted by molar-refractivity contribution is 0.568. The molecule has 0 saturated heterocycles. The van der Waals surface area contributed by atoms with E-state index in [1.807, 2.05) is 6.20 Å². The highest BCUT2D eigenvalue weighted by Gasteiger charge is 2.22. The average molecular weight is 232 g/mol. The van der Waals surface area contributed by atoms with Crippen LogP contribution in [0.15, 0.2) is 12.3 Å². The van der Waals surface area contributed by atoms with Crippen molar-refractivity contribution in [2.24, 2.45) is 0 Å². The van der Waals surface area contributed by atoms with Crippen LogP contribution in [0.1, 0.15) is 45.5 Å². The predicted octanol–water partition coefficient (Wildman–Crippen LogP) is 3.05. The second kappa shape index (κ2) is 4.35. The Morgan fingerprint density at radius 3 is 2.65 bits per heavy atom. The Morgan fingerprint density at radius 1 is 1.24 bits per heavy atom. The normalized spacial score (nSPS) is 12.0. The first-order valence-corrected chi connectivity index (χ1v) is 6.11. The van der Waals surface area contributed by atoms with E-state index in [1.54, 1.807) is 0 Å². The van der Waals surface area contributed by atoms with Gasteiger partial charge in [0.2, 0.25) is 0 Å². The largest absolute Gasteiger partial charge is 0.282 e. The summed E-state index contributed by atoms with van der Waals surface area (Å²) in [7, 11) is 0. The van der Waals surface area contributed by atoms with Crippen LogP contribution in [-0.4, -0.2) is 20.4 Å². The van der Waals surface area contributed by atoms with Gasteiger partial charge in [0.25, 0.3) is 0 Å². The molecule has 0 amide bonds. The Kier molecular flexibility index (Phi) is 3.05. The number of rotatable bonds is 3. The molecule has 0 aliphatic rings. The van der Waals surface area contributed by atoms with Crippen molar-refractivity contribution in [1.29, 1.82) is 0 Å². The van der Waals surface area contributed by atoms with E-state index in [0.29, 0.717) is 0 Å². The zero-order chi connectivity index (χ0) is 12.5. The van der Waals surface area contributed by atoms with Crippen LogP contribution in [0.4, 0.5) is 0 Å². The van der Waals surface area contributed by atoms with Gasteiger partial charge in [0, 0.05) is 22.4 Å². The molecule has 0 spiro atoms. The smallest absolute Gasteiger partial charge is 0.0958 e. The number of nitrogens with zero attached hydrogens (tertiary/aromatic N) is 2. The summed E-state index contributed by atoms with van der Waals surface area (Å²) in [4.78, 5) is 0. The standard InChI is InChI=1S/C13H20N4/c1-5-6-9-7-11(16-15-9)10-8-14-17-12(10)13(2,3)4/h7-8H,5-6H2,1-4H3,(H,14,17)(H,15,16). The average Bonchev–Trinajstić information content (AvgIpc) is 2.82. The van der Waals surface area contributed by atoms with Gasteiger partial charge in [-0.3, -0.25) is 10.2 Å². The lowest BCUT2D eigenvalue weighted by Gasteiger charge is -2.17. The van der Waals surface area contributed by atoms with E-state index < -0.39 is 0 Å². The van der Waals surface area contributed by atoms with Crippen molar-refractivity contribution in [1.82, 2.24) is 20.4 Å². The van der Waals surface area contributed by atoms with Crippen LogP contribution in [-0.2, 0) is 11.8 Å². The molecule has 0 atom stereocenters. The summed E-state index contributed by atoms with van der Waals surface area (Å²) in [6.07, 6.45) is 4.02. The molecule has 0 aromatic carbocycles. The molecule has 4 nitrogen and oxygen atoms in total. The second-order valence-electron chi connectivity index (χ2n) is 5.44. The van der Waals surface area contributed by atoms with E-state index in [4.69, 9.17) is 0 Å². The third-order valence-corrected chi connectivity index (χ3v) is 2.82. The van der Waals surface area contributed by atoms with Gasteiger partial charge in [-0.2, -0.15) is 10.2 Å². The number of nitrogens with one attached hydrogen (secondary N) is 2. The van der Waals surface area contributed by atoms with E-state index in [1.165, 1.54) is 5.69 Å². The fourth-order valence-electron chi connectivity index (χ4n) is 1.95. The SMILES string of the molecule is CCCc1cc(-c2cn[nH]c2C(C)(C)C)n[nH]1. The Bertz CT molecular complexity index is 487. The predicted molar refractivity (Wildman–Crippen MR) is 68.9 cm³/mol. The minimum atomic E-state index is 0.0513. The first kappa shape index (κ1) is 11.9. The molecule has 0 bridgehead atoms. The summed E-state index contributed by atoms with van der Waals surface area (Å²) >= 11 is 0. The van der Waals surface area contributed by atoms with Crippen molar-refractivity contribution in [3.63, 3.8) is 0 Å². The molecule has 0 unspecified atom stereocenters. The molecule has 2 N–H and O–H groups in total. The fraction of sp³-hybridized carbons (Fsp3) is 0.538. The zero-order valence-electron chi connectivity index (χ0n) is 11.0. The monoisotopic (exact) mass is 232 g/mol. The molecule has 2 aromatic rings. The zero-order valence-corrected chi connectivity index (χ0v) is 11.0. The van der Waals surface area contributed by atoms with E-state index in [2.05, 4.69) is 54.2 Å². The third kappa shape index (κ3) is 2.40. The Morgan fingerprint density at radius 2 is 2.00 bits per heavy atom. The van der Waals surface area contributed by atoms with Gasteiger partial charge >= 0.3 is 0 Å². The summed E-state index contributed by atoms with van der Waals surface area (Å²) in [6.45, 7) is 8.68. The molecule has 0 aliphatic heterocycles. The summed E-state index contributed by atoms with van der Waals surface area (Å²) in [5, 5.41) is 14.7. The maximum Gasteiger partial charge on any atom is 0.0958 e. The van der Waals surface area contributed by atoms with Crippen LogP contribution in [0.3, 0.4) is 0 Å². The summed E-state index contributed by atoms with van der Waals surface area (Å²) in [6, 6.07) is 2.11. The Balaban J connectivity index is 2.36. The van der Waals surface area contributed by atoms with Crippen molar-refractivity contribution in [2.45, 2.75) is 46.0 Å². The molecule has 0 radical (unpaired) electrons. The van der Waals surface area contributed by atoms with Crippen molar-refractivity contribution < 1.29 is 0 Å². The van der Waals surface area contributed by atoms with Crippen molar-refractivity contribution in [2.75, 3.05) is 0 Å². The van der Waals surface area contributed by atoms with E-state index in [9.17, 15) is 0 Å². The number of H-pyrrole nitrogens is 2. The number of hydrogen-bond donors (Lipinski definition) is 2. The van der Waals surface area contributed by atoms with Gasteiger partial charge in [0.05, 0.1) is 11.9 Å². The van der Waals surface area contributed by atoms with Crippen LogP contribution in [0.2, 0.25) is 0 Å². The van der Waals surface area contributed by atoms with Gasteiger partial charge < -0.3 is 0 Å². The molecular weight excluding hydrogens is 212 g/mol. The van der Waals surface area contributed by atoms with Crippen molar-refractivity contribution in [3.05, 3.63) is 23.7 Å². The van der Waals surface area contributed by atoms with Crippen LogP contribution in [0, 0.1) is 0 Å². The van der Waals surface area contributed by atoms with E-state index in [0.717, 1.165) is 29.8 Å². The number of aryl methyl sites for hydroxylation is 1. The third-order valence-electron chi connectivity index (χ3n) is 2.82. The second-order valence-corrected chi connectivity index (χ2v) is 5.44. The minimum absolute atomic E-state index is 0.0513. The Hall–Kier alpha value is -1.58. The summed E-state index contributed by atoms with van der Waals surface area (Å²) < 4.78 is 0. The van der Waals surface area contributed by atoms with Gasteiger partial charge in [-0.1, -0.05) is 34.1 Å². The fourth-order valence-corrected chi connectivity index (χ4v) is 1.95. The highest BCUT2D eigenvalue weighted by molar-refractivity contribution is 5.62. The number of aromatic nitrogens is 4. The van der Waals surface area contributed by atoms with Crippen LogP contribution in [0.5, 0.6) is 0 Å². The van der Waals surface area contributed by atoms with Crippen LogP contribution in [0.25, 0.3) is 11.3 Å².